The molecule has 0 saturated heterocycles. The maximum absolute atomic E-state index is 12.4. The normalized spacial score (nSPS) is 12.0. The van der Waals surface area contributed by atoms with Crippen LogP contribution in [0.2, 0.25) is 0 Å². The monoisotopic (exact) mass is 349 g/mol. The van der Waals surface area contributed by atoms with Gasteiger partial charge >= 0.3 is 12.3 Å². The van der Waals surface area contributed by atoms with Crippen molar-refractivity contribution in [1.82, 2.24) is 4.98 Å². The number of benzene rings is 1. The molecule has 128 valence electrons. The molecule has 3 rings (SSSR count). The molecule has 3 aromatic rings. The third-order valence-corrected chi connectivity index (χ3v) is 3.21. The van der Waals surface area contributed by atoms with Crippen LogP contribution in [-0.4, -0.2) is 22.4 Å². The zero-order valence-corrected chi connectivity index (χ0v) is 12.4. The number of furan rings is 1. The van der Waals surface area contributed by atoms with Crippen molar-refractivity contribution in [3.63, 3.8) is 0 Å². The molecule has 0 saturated carbocycles. The Hall–Kier alpha value is -3.29. The Morgan fingerprint density at radius 2 is 2.04 bits per heavy atom. The number of pyridine rings is 1. The molecule has 2 aromatic heterocycles. The van der Waals surface area contributed by atoms with E-state index in [0.29, 0.717) is 22.1 Å². The Morgan fingerprint density at radius 3 is 2.76 bits per heavy atom. The summed E-state index contributed by atoms with van der Waals surface area (Å²) >= 11 is 0. The molecule has 0 unspecified atom stereocenters. The molecule has 0 radical (unpaired) electrons. The third kappa shape index (κ3) is 3.97. The molecule has 0 fully saturated rings. The molecule has 25 heavy (non-hydrogen) atoms. The van der Waals surface area contributed by atoms with Crippen molar-refractivity contribution in [3.8, 4) is 16.9 Å². The van der Waals surface area contributed by atoms with Crippen LogP contribution in [0.15, 0.2) is 53.2 Å². The van der Waals surface area contributed by atoms with E-state index in [1.54, 1.807) is 12.1 Å². The van der Waals surface area contributed by atoms with Gasteiger partial charge in [0.2, 0.25) is 0 Å². The fraction of sp³-hybridized carbons (Fsp3) is 0.0588. The van der Waals surface area contributed by atoms with Crippen molar-refractivity contribution >= 4 is 23.0 Å². The Bertz CT molecular complexity index is 960. The van der Waals surface area contributed by atoms with Crippen molar-refractivity contribution in [2.75, 3.05) is 0 Å². The van der Waals surface area contributed by atoms with E-state index in [9.17, 15) is 18.0 Å². The van der Waals surface area contributed by atoms with Crippen LogP contribution in [0.1, 0.15) is 5.76 Å². The van der Waals surface area contributed by atoms with Gasteiger partial charge in [0.15, 0.2) is 0 Å². The van der Waals surface area contributed by atoms with E-state index >= 15 is 0 Å². The molecule has 1 aromatic carbocycles. The standard InChI is InChI=1S/C17H10F3NO4/c18-17(19,20)25-13-3-1-2-10(6-13)14-9-21-8-11-7-12(24-16(11)14)4-5-15(22)23/h1-9H,(H,22,23)/b5-4+. The number of carboxylic acids is 1. The van der Waals surface area contributed by atoms with E-state index in [1.807, 2.05) is 0 Å². The Labute approximate surface area is 139 Å². The highest BCUT2D eigenvalue weighted by Crippen LogP contribution is 2.33. The van der Waals surface area contributed by atoms with Gasteiger partial charge in [-0.05, 0) is 29.8 Å². The van der Waals surface area contributed by atoms with Gasteiger partial charge < -0.3 is 14.3 Å². The van der Waals surface area contributed by atoms with E-state index < -0.39 is 12.3 Å². The molecular formula is C17H10F3NO4. The molecule has 8 heteroatoms. The van der Waals surface area contributed by atoms with Crippen LogP contribution >= 0.6 is 0 Å². The minimum atomic E-state index is -4.79. The van der Waals surface area contributed by atoms with E-state index in [1.165, 1.54) is 36.7 Å². The van der Waals surface area contributed by atoms with Gasteiger partial charge in [-0.3, -0.25) is 4.98 Å². The van der Waals surface area contributed by atoms with E-state index in [4.69, 9.17) is 9.52 Å². The molecule has 0 atom stereocenters. The second kappa shape index (κ2) is 6.31. The molecular weight excluding hydrogens is 339 g/mol. The quantitative estimate of drug-likeness (QED) is 0.703. The van der Waals surface area contributed by atoms with Crippen LogP contribution in [0.4, 0.5) is 13.2 Å². The summed E-state index contributed by atoms with van der Waals surface area (Å²) in [5.74, 6) is -1.20. The summed E-state index contributed by atoms with van der Waals surface area (Å²) in [6.07, 6.45) is 0.361. The zero-order valence-electron chi connectivity index (χ0n) is 12.4. The van der Waals surface area contributed by atoms with Crippen LogP contribution in [0.5, 0.6) is 5.75 Å². The van der Waals surface area contributed by atoms with E-state index in [2.05, 4.69) is 9.72 Å². The molecule has 0 aliphatic rings. The fourth-order valence-electron chi connectivity index (χ4n) is 2.28. The number of fused-ring (bicyclic) bond motifs is 1. The van der Waals surface area contributed by atoms with Crippen molar-refractivity contribution in [1.29, 1.82) is 0 Å². The van der Waals surface area contributed by atoms with Gasteiger partial charge in [-0.15, -0.1) is 13.2 Å². The molecule has 0 aliphatic heterocycles. The summed E-state index contributed by atoms with van der Waals surface area (Å²) < 4.78 is 46.6. The average molecular weight is 349 g/mol. The topological polar surface area (TPSA) is 72.6 Å². The Morgan fingerprint density at radius 1 is 1.24 bits per heavy atom. The number of carboxylic acid groups (broad SMARTS) is 1. The lowest BCUT2D eigenvalue weighted by Gasteiger charge is -2.10. The zero-order chi connectivity index (χ0) is 18.0. The Balaban J connectivity index is 2.04. The molecule has 5 nitrogen and oxygen atoms in total. The number of aliphatic carboxylic acids is 1. The van der Waals surface area contributed by atoms with Gasteiger partial charge in [0.05, 0.1) is 0 Å². The van der Waals surface area contributed by atoms with Crippen LogP contribution in [0.25, 0.3) is 28.2 Å². The maximum atomic E-state index is 12.4. The van der Waals surface area contributed by atoms with Crippen molar-refractivity contribution in [2.45, 2.75) is 6.36 Å². The minimum absolute atomic E-state index is 0.286. The number of alkyl halides is 3. The summed E-state index contributed by atoms with van der Waals surface area (Å²) in [6, 6.07) is 7.01. The number of rotatable bonds is 4. The highest BCUT2D eigenvalue weighted by Gasteiger charge is 2.31. The lowest BCUT2D eigenvalue weighted by molar-refractivity contribution is -0.274. The molecule has 0 amide bonds. The van der Waals surface area contributed by atoms with Crippen LogP contribution in [-0.2, 0) is 4.79 Å². The number of ether oxygens (including phenoxy) is 1. The first-order chi connectivity index (χ1) is 11.8. The summed E-state index contributed by atoms with van der Waals surface area (Å²) in [4.78, 5) is 14.6. The largest absolute Gasteiger partial charge is 0.573 e. The second-order valence-corrected chi connectivity index (χ2v) is 5.00. The molecule has 0 bridgehead atoms. The van der Waals surface area contributed by atoms with Gasteiger partial charge in [0.1, 0.15) is 17.1 Å². The molecule has 0 spiro atoms. The first kappa shape index (κ1) is 16.6. The fourth-order valence-corrected chi connectivity index (χ4v) is 2.28. The second-order valence-electron chi connectivity index (χ2n) is 5.00. The highest BCUT2D eigenvalue weighted by atomic mass is 19.4. The summed E-state index contributed by atoms with van der Waals surface area (Å²) in [6.45, 7) is 0. The van der Waals surface area contributed by atoms with Gasteiger partial charge in [-0.2, -0.15) is 0 Å². The van der Waals surface area contributed by atoms with Crippen LogP contribution in [0.3, 0.4) is 0 Å². The first-order valence-electron chi connectivity index (χ1n) is 6.96. The van der Waals surface area contributed by atoms with Gasteiger partial charge in [-0.25, -0.2) is 4.79 Å². The van der Waals surface area contributed by atoms with Crippen LogP contribution < -0.4 is 4.74 Å². The smallest absolute Gasteiger partial charge is 0.478 e. The SMILES string of the molecule is O=C(O)/C=C/c1cc2cncc(-c3cccc(OC(F)(F)F)c3)c2o1. The number of nitrogens with zero attached hydrogens (tertiary/aromatic N) is 1. The lowest BCUT2D eigenvalue weighted by Crippen LogP contribution is -2.17. The van der Waals surface area contributed by atoms with Crippen LogP contribution in [0, 0.1) is 0 Å². The number of aromatic nitrogens is 1. The predicted molar refractivity (Wildman–Crippen MR) is 82.8 cm³/mol. The third-order valence-electron chi connectivity index (χ3n) is 3.21. The maximum Gasteiger partial charge on any atom is 0.573 e. The van der Waals surface area contributed by atoms with Crippen molar-refractivity contribution in [2.24, 2.45) is 0 Å². The number of carbonyl (C=O) groups is 1. The van der Waals surface area contributed by atoms with Gasteiger partial charge in [0.25, 0.3) is 0 Å². The molecule has 0 aliphatic carbocycles. The lowest BCUT2D eigenvalue weighted by atomic mass is 10.1. The summed E-state index contributed by atoms with van der Waals surface area (Å²) in [5.41, 5.74) is 1.26. The van der Waals surface area contributed by atoms with Gasteiger partial charge in [-0.1, -0.05) is 12.1 Å². The molecule has 1 N–H and O–H groups in total. The first-order valence-corrected chi connectivity index (χ1v) is 6.96. The number of hydrogen-bond donors (Lipinski definition) is 1. The summed E-state index contributed by atoms with van der Waals surface area (Å²) in [5, 5.41) is 9.25. The highest BCUT2D eigenvalue weighted by molar-refractivity contribution is 5.93. The molecule has 2 heterocycles. The Kier molecular flexibility index (Phi) is 4.18. The summed E-state index contributed by atoms with van der Waals surface area (Å²) in [7, 11) is 0. The number of hydrogen-bond acceptors (Lipinski definition) is 4. The predicted octanol–water partition coefficient (Wildman–Crippen LogP) is 4.49. The minimum Gasteiger partial charge on any atom is -0.478 e. The average Bonchev–Trinajstić information content (AvgIpc) is 2.94. The van der Waals surface area contributed by atoms with Crippen molar-refractivity contribution < 1.29 is 32.2 Å². The van der Waals surface area contributed by atoms with Gasteiger partial charge in [0, 0.05) is 29.4 Å². The van der Waals surface area contributed by atoms with E-state index in [0.717, 1.165) is 6.08 Å². The van der Waals surface area contributed by atoms with Crippen molar-refractivity contribution in [3.05, 3.63) is 54.6 Å². The van der Waals surface area contributed by atoms with E-state index in [-0.39, 0.29) is 11.5 Å². The number of halogens is 3.